The van der Waals surface area contributed by atoms with Crippen LogP contribution in [0.1, 0.15) is 24.3 Å². The number of hydrogen-bond donors (Lipinski definition) is 2. The minimum Gasteiger partial charge on any atom is -0.368 e. The minimum absolute atomic E-state index is 0.202. The molecule has 1 unspecified atom stereocenters. The fourth-order valence-corrected chi connectivity index (χ4v) is 2.39. The lowest BCUT2D eigenvalue weighted by Crippen LogP contribution is -2.39. The number of imide groups is 1. The number of amides is 2. The number of carbonyl (C=O) groups excluding carboxylic acids is 2. The van der Waals surface area contributed by atoms with E-state index in [1.165, 1.54) is 0 Å². The molecule has 2 aromatic rings. The fourth-order valence-electron chi connectivity index (χ4n) is 2.39. The molecule has 19 heavy (non-hydrogen) atoms. The number of nitrogens with two attached hydrogens (primary N) is 1. The number of benzene rings is 1. The normalized spacial score (nSPS) is 19.5. The zero-order valence-electron chi connectivity index (χ0n) is 10.1. The van der Waals surface area contributed by atoms with E-state index < -0.39 is 0 Å². The van der Waals surface area contributed by atoms with E-state index in [0.717, 1.165) is 10.9 Å². The molecule has 1 atom stereocenters. The van der Waals surface area contributed by atoms with Gasteiger partial charge in [-0.3, -0.25) is 14.9 Å². The summed E-state index contributed by atoms with van der Waals surface area (Å²) in [6.45, 7) is 0. The third-order valence-electron chi connectivity index (χ3n) is 3.29. The molecular formula is C13H12N4O2. The molecule has 0 saturated carbocycles. The Morgan fingerprint density at radius 1 is 1.32 bits per heavy atom. The highest BCUT2D eigenvalue weighted by molar-refractivity contribution is 6.02. The maximum atomic E-state index is 11.9. The quantitative estimate of drug-likeness (QED) is 0.733. The first-order valence-electron chi connectivity index (χ1n) is 6.00. The SMILES string of the molecule is Nc1ncc2c(C3CCC(=O)NC3=O)cccc2n1. The lowest BCUT2D eigenvalue weighted by molar-refractivity contribution is -0.134. The Kier molecular flexibility index (Phi) is 2.63. The molecule has 0 aliphatic carbocycles. The van der Waals surface area contributed by atoms with Crippen molar-refractivity contribution in [1.29, 1.82) is 0 Å². The van der Waals surface area contributed by atoms with Crippen molar-refractivity contribution in [3.8, 4) is 0 Å². The minimum atomic E-state index is -0.339. The van der Waals surface area contributed by atoms with E-state index in [0.29, 0.717) is 18.4 Å². The van der Waals surface area contributed by atoms with Gasteiger partial charge in [0.05, 0.1) is 11.4 Å². The number of anilines is 1. The summed E-state index contributed by atoms with van der Waals surface area (Å²) in [5.41, 5.74) is 7.09. The average Bonchev–Trinajstić information content (AvgIpc) is 2.38. The molecule has 0 bridgehead atoms. The summed E-state index contributed by atoms with van der Waals surface area (Å²) in [7, 11) is 0. The van der Waals surface area contributed by atoms with Gasteiger partial charge in [0.2, 0.25) is 17.8 Å². The summed E-state index contributed by atoms with van der Waals surface area (Å²) in [6.07, 6.45) is 2.48. The predicted octanol–water partition coefficient (Wildman–Crippen LogP) is 0.732. The third kappa shape index (κ3) is 2.01. The van der Waals surface area contributed by atoms with Crippen LogP contribution < -0.4 is 11.1 Å². The summed E-state index contributed by atoms with van der Waals surface area (Å²) in [6, 6.07) is 5.51. The Hall–Kier alpha value is -2.50. The van der Waals surface area contributed by atoms with E-state index in [2.05, 4.69) is 15.3 Å². The number of aromatic nitrogens is 2. The summed E-state index contributed by atoms with van der Waals surface area (Å²) in [5.74, 6) is -0.621. The van der Waals surface area contributed by atoms with Gasteiger partial charge >= 0.3 is 0 Å². The molecular weight excluding hydrogens is 244 g/mol. The second-order valence-corrected chi connectivity index (χ2v) is 4.51. The van der Waals surface area contributed by atoms with Crippen LogP contribution in [0.2, 0.25) is 0 Å². The van der Waals surface area contributed by atoms with E-state index in [9.17, 15) is 9.59 Å². The molecule has 1 saturated heterocycles. The van der Waals surface area contributed by atoms with Gasteiger partial charge in [-0.2, -0.15) is 0 Å². The lowest BCUT2D eigenvalue weighted by Gasteiger charge is -2.22. The Bertz CT molecular complexity index is 683. The first-order chi connectivity index (χ1) is 9.15. The first kappa shape index (κ1) is 11.6. The van der Waals surface area contributed by atoms with Crippen molar-refractivity contribution < 1.29 is 9.59 Å². The van der Waals surface area contributed by atoms with E-state index in [1.807, 2.05) is 18.2 Å². The van der Waals surface area contributed by atoms with Crippen molar-refractivity contribution in [2.45, 2.75) is 18.8 Å². The maximum absolute atomic E-state index is 11.9. The van der Waals surface area contributed by atoms with Crippen LogP contribution in [0.15, 0.2) is 24.4 Å². The zero-order chi connectivity index (χ0) is 13.4. The number of carbonyl (C=O) groups is 2. The maximum Gasteiger partial charge on any atom is 0.234 e. The van der Waals surface area contributed by atoms with Crippen molar-refractivity contribution in [3.63, 3.8) is 0 Å². The lowest BCUT2D eigenvalue weighted by atomic mass is 9.88. The van der Waals surface area contributed by atoms with E-state index in [-0.39, 0.29) is 23.7 Å². The van der Waals surface area contributed by atoms with Gasteiger partial charge in [-0.15, -0.1) is 0 Å². The van der Waals surface area contributed by atoms with Gasteiger partial charge in [0.25, 0.3) is 0 Å². The summed E-state index contributed by atoms with van der Waals surface area (Å²) >= 11 is 0. The number of fused-ring (bicyclic) bond motifs is 1. The molecule has 1 aromatic heterocycles. The van der Waals surface area contributed by atoms with Crippen LogP contribution in [0.3, 0.4) is 0 Å². The van der Waals surface area contributed by atoms with Gasteiger partial charge in [-0.05, 0) is 18.1 Å². The van der Waals surface area contributed by atoms with Crippen LogP contribution in [-0.2, 0) is 9.59 Å². The molecule has 2 heterocycles. The van der Waals surface area contributed by atoms with E-state index in [4.69, 9.17) is 5.73 Å². The standard InChI is InChI=1S/C13H12N4O2/c14-13-15-6-9-7(2-1-3-10(9)16-13)8-4-5-11(18)17-12(8)19/h1-3,6,8H,4-5H2,(H2,14,15,16)(H,17,18,19). The number of nitrogen functional groups attached to an aromatic ring is 1. The highest BCUT2D eigenvalue weighted by Crippen LogP contribution is 2.30. The van der Waals surface area contributed by atoms with E-state index >= 15 is 0 Å². The average molecular weight is 256 g/mol. The topological polar surface area (TPSA) is 98.0 Å². The number of rotatable bonds is 1. The fraction of sp³-hybridized carbons (Fsp3) is 0.231. The van der Waals surface area contributed by atoms with Gasteiger partial charge in [-0.1, -0.05) is 12.1 Å². The van der Waals surface area contributed by atoms with Crippen LogP contribution in [0, 0.1) is 0 Å². The van der Waals surface area contributed by atoms with Crippen LogP contribution in [0.5, 0.6) is 0 Å². The summed E-state index contributed by atoms with van der Waals surface area (Å²) in [5, 5.41) is 3.16. The van der Waals surface area contributed by atoms with Crippen LogP contribution in [0.25, 0.3) is 10.9 Å². The number of nitrogens with zero attached hydrogens (tertiary/aromatic N) is 2. The molecule has 1 aliphatic heterocycles. The molecule has 0 spiro atoms. The highest BCUT2D eigenvalue weighted by atomic mass is 16.2. The Morgan fingerprint density at radius 3 is 2.95 bits per heavy atom. The molecule has 6 nitrogen and oxygen atoms in total. The third-order valence-corrected chi connectivity index (χ3v) is 3.29. The number of piperidine rings is 1. The van der Waals surface area contributed by atoms with Crippen molar-refractivity contribution in [3.05, 3.63) is 30.0 Å². The van der Waals surface area contributed by atoms with Gasteiger partial charge in [0, 0.05) is 18.0 Å². The molecule has 1 aromatic carbocycles. The molecule has 3 rings (SSSR count). The second-order valence-electron chi connectivity index (χ2n) is 4.51. The Balaban J connectivity index is 2.10. The summed E-state index contributed by atoms with van der Waals surface area (Å²) in [4.78, 5) is 31.2. The molecule has 96 valence electrons. The molecule has 3 N–H and O–H groups in total. The molecule has 1 fully saturated rings. The largest absolute Gasteiger partial charge is 0.368 e. The van der Waals surface area contributed by atoms with Gasteiger partial charge in [0.1, 0.15) is 0 Å². The van der Waals surface area contributed by atoms with Gasteiger partial charge < -0.3 is 5.73 Å². The van der Waals surface area contributed by atoms with Gasteiger partial charge in [-0.25, -0.2) is 9.97 Å². The van der Waals surface area contributed by atoms with Crippen molar-refractivity contribution in [2.75, 3.05) is 5.73 Å². The summed E-state index contributed by atoms with van der Waals surface area (Å²) < 4.78 is 0. The highest BCUT2D eigenvalue weighted by Gasteiger charge is 2.29. The van der Waals surface area contributed by atoms with Gasteiger partial charge in [0.15, 0.2) is 0 Å². The molecule has 0 radical (unpaired) electrons. The van der Waals surface area contributed by atoms with Crippen molar-refractivity contribution in [1.82, 2.24) is 15.3 Å². The second kappa shape index (κ2) is 4.31. The number of hydrogen-bond acceptors (Lipinski definition) is 5. The predicted molar refractivity (Wildman–Crippen MR) is 69.1 cm³/mol. The molecule has 1 aliphatic rings. The Labute approximate surface area is 109 Å². The van der Waals surface area contributed by atoms with Crippen molar-refractivity contribution in [2.24, 2.45) is 0 Å². The molecule has 2 amide bonds. The van der Waals surface area contributed by atoms with Crippen molar-refractivity contribution >= 4 is 28.7 Å². The monoisotopic (exact) mass is 256 g/mol. The molecule has 6 heteroatoms. The van der Waals surface area contributed by atoms with Crippen LogP contribution in [0.4, 0.5) is 5.95 Å². The first-order valence-corrected chi connectivity index (χ1v) is 6.00. The smallest absolute Gasteiger partial charge is 0.234 e. The number of nitrogens with one attached hydrogen (secondary N) is 1. The van der Waals surface area contributed by atoms with Crippen LogP contribution >= 0.6 is 0 Å². The van der Waals surface area contributed by atoms with E-state index in [1.54, 1.807) is 6.20 Å². The van der Waals surface area contributed by atoms with Crippen LogP contribution in [-0.4, -0.2) is 21.8 Å². The Morgan fingerprint density at radius 2 is 2.16 bits per heavy atom. The zero-order valence-corrected chi connectivity index (χ0v) is 10.1.